The standard InChI is InChI=1S/C23H23F2N3O5/c1-3-4-19(30)26-16-9-5-14(6-10-16)18(29)13-28-20(31)23(2,27-22(28)32)15-7-11-17(12-8-15)33-21(24)25/h5-12,21H,3-4,13H2,1-2H3,(H,26,30)(H,27,32)/t23-/m1/s1. The molecule has 2 N–H and O–H groups in total. The number of nitrogens with one attached hydrogen (secondary N) is 2. The Kier molecular flexibility index (Phi) is 7.05. The van der Waals surface area contributed by atoms with Gasteiger partial charge < -0.3 is 15.4 Å². The number of hydrogen-bond acceptors (Lipinski definition) is 5. The molecule has 0 aliphatic carbocycles. The molecule has 10 heteroatoms. The van der Waals surface area contributed by atoms with Gasteiger partial charge in [0.1, 0.15) is 11.3 Å². The minimum atomic E-state index is -2.98. The Balaban J connectivity index is 1.69. The van der Waals surface area contributed by atoms with Gasteiger partial charge in [-0.05, 0) is 55.3 Å². The molecule has 33 heavy (non-hydrogen) atoms. The van der Waals surface area contributed by atoms with Gasteiger partial charge in [-0.15, -0.1) is 0 Å². The number of rotatable bonds is 9. The van der Waals surface area contributed by atoms with Crippen molar-refractivity contribution in [3.05, 3.63) is 59.7 Å². The molecule has 174 valence electrons. The molecule has 1 atom stereocenters. The molecule has 3 rings (SSSR count). The Hall–Kier alpha value is -3.82. The molecule has 1 saturated heterocycles. The quantitative estimate of drug-likeness (QED) is 0.440. The Morgan fingerprint density at radius 1 is 1.09 bits per heavy atom. The van der Waals surface area contributed by atoms with Gasteiger partial charge in [-0.25, -0.2) is 4.79 Å². The van der Waals surface area contributed by atoms with Crippen LogP contribution in [0.15, 0.2) is 48.5 Å². The van der Waals surface area contributed by atoms with Gasteiger partial charge in [0.2, 0.25) is 5.91 Å². The predicted molar refractivity (Wildman–Crippen MR) is 115 cm³/mol. The van der Waals surface area contributed by atoms with Crippen molar-refractivity contribution in [2.45, 2.75) is 38.8 Å². The van der Waals surface area contributed by atoms with Gasteiger partial charge in [-0.2, -0.15) is 8.78 Å². The zero-order chi connectivity index (χ0) is 24.2. The van der Waals surface area contributed by atoms with Crippen molar-refractivity contribution in [2.24, 2.45) is 0 Å². The summed E-state index contributed by atoms with van der Waals surface area (Å²) in [6.07, 6.45) is 1.09. The van der Waals surface area contributed by atoms with Gasteiger partial charge in [0.05, 0.1) is 6.54 Å². The number of benzene rings is 2. The number of anilines is 1. The van der Waals surface area contributed by atoms with Crippen LogP contribution in [0.4, 0.5) is 19.3 Å². The molecule has 1 aliphatic heterocycles. The lowest BCUT2D eigenvalue weighted by Gasteiger charge is -2.22. The van der Waals surface area contributed by atoms with Crippen LogP contribution in [0.25, 0.3) is 0 Å². The molecule has 1 aliphatic rings. The highest BCUT2D eigenvalue weighted by Crippen LogP contribution is 2.30. The van der Waals surface area contributed by atoms with E-state index in [-0.39, 0.29) is 17.2 Å². The van der Waals surface area contributed by atoms with E-state index >= 15 is 0 Å². The van der Waals surface area contributed by atoms with E-state index in [0.29, 0.717) is 24.1 Å². The molecular formula is C23H23F2N3O5. The topological polar surface area (TPSA) is 105 Å². The first-order valence-electron chi connectivity index (χ1n) is 10.3. The Morgan fingerprint density at radius 3 is 2.30 bits per heavy atom. The smallest absolute Gasteiger partial charge is 0.387 e. The molecular weight excluding hydrogens is 436 g/mol. The zero-order valence-electron chi connectivity index (χ0n) is 18.1. The van der Waals surface area contributed by atoms with Crippen molar-refractivity contribution >= 4 is 29.3 Å². The van der Waals surface area contributed by atoms with Crippen LogP contribution in [-0.4, -0.2) is 41.7 Å². The first-order chi connectivity index (χ1) is 15.6. The van der Waals surface area contributed by atoms with Gasteiger partial charge in [0.15, 0.2) is 5.78 Å². The van der Waals surface area contributed by atoms with Crippen LogP contribution >= 0.6 is 0 Å². The molecule has 0 unspecified atom stereocenters. The highest BCUT2D eigenvalue weighted by molar-refractivity contribution is 6.11. The van der Waals surface area contributed by atoms with E-state index in [0.717, 1.165) is 4.90 Å². The summed E-state index contributed by atoms with van der Waals surface area (Å²) in [5, 5.41) is 5.26. The number of urea groups is 1. The summed E-state index contributed by atoms with van der Waals surface area (Å²) in [4.78, 5) is 50.6. The van der Waals surface area contributed by atoms with E-state index < -0.39 is 36.4 Å². The monoisotopic (exact) mass is 459 g/mol. The number of nitrogens with zero attached hydrogens (tertiary/aromatic N) is 1. The normalized spacial score (nSPS) is 17.8. The fraction of sp³-hybridized carbons (Fsp3) is 0.304. The maximum Gasteiger partial charge on any atom is 0.387 e. The molecule has 0 aromatic heterocycles. The van der Waals surface area contributed by atoms with E-state index in [1.807, 2.05) is 6.92 Å². The van der Waals surface area contributed by atoms with Crippen LogP contribution in [0.2, 0.25) is 0 Å². The number of carbonyl (C=O) groups is 4. The largest absolute Gasteiger partial charge is 0.435 e. The third-order valence-electron chi connectivity index (χ3n) is 5.20. The number of alkyl halides is 2. The van der Waals surface area contributed by atoms with Crippen molar-refractivity contribution in [3.63, 3.8) is 0 Å². The molecule has 1 fully saturated rings. The average Bonchev–Trinajstić information content (AvgIpc) is 2.98. The second-order valence-corrected chi connectivity index (χ2v) is 7.65. The second-order valence-electron chi connectivity index (χ2n) is 7.65. The number of imide groups is 1. The van der Waals surface area contributed by atoms with Crippen LogP contribution < -0.4 is 15.4 Å². The first-order valence-corrected chi connectivity index (χ1v) is 10.3. The third-order valence-corrected chi connectivity index (χ3v) is 5.20. The first kappa shape index (κ1) is 23.8. The van der Waals surface area contributed by atoms with E-state index in [1.165, 1.54) is 43.3 Å². The van der Waals surface area contributed by atoms with E-state index in [1.54, 1.807) is 12.1 Å². The lowest BCUT2D eigenvalue weighted by Crippen LogP contribution is -2.41. The van der Waals surface area contributed by atoms with E-state index in [2.05, 4.69) is 15.4 Å². The molecule has 1 heterocycles. The highest BCUT2D eigenvalue weighted by Gasteiger charge is 2.49. The number of halogens is 2. The van der Waals surface area contributed by atoms with Crippen LogP contribution in [-0.2, 0) is 15.1 Å². The van der Waals surface area contributed by atoms with E-state index in [4.69, 9.17) is 0 Å². The number of ether oxygens (including phenoxy) is 1. The molecule has 0 bridgehead atoms. The van der Waals surface area contributed by atoms with Crippen molar-refractivity contribution in [1.82, 2.24) is 10.2 Å². The van der Waals surface area contributed by atoms with Crippen molar-refractivity contribution in [3.8, 4) is 5.75 Å². The predicted octanol–water partition coefficient (Wildman–Crippen LogP) is 3.68. The molecule has 0 spiro atoms. The van der Waals surface area contributed by atoms with Crippen molar-refractivity contribution < 1.29 is 32.7 Å². The lowest BCUT2D eigenvalue weighted by atomic mass is 9.92. The fourth-order valence-corrected chi connectivity index (χ4v) is 3.43. The Labute approximate surface area is 188 Å². The number of Topliss-reactive ketones (excluding diaryl/α,β-unsaturated/α-hetero) is 1. The van der Waals surface area contributed by atoms with Crippen molar-refractivity contribution in [1.29, 1.82) is 0 Å². The Morgan fingerprint density at radius 2 is 1.73 bits per heavy atom. The summed E-state index contributed by atoms with van der Waals surface area (Å²) >= 11 is 0. The molecule has 4 amide bonds. The van der Waals surface area contributed by atoms with Gasteiger partial charge >= 0.3 is 12.6 Å². The Bertz CT molecular complexity index is 1060. The maximum absolute atomic E-state index is 13.0. The summed E-state index contributed by atoms with van der Waals surface area (Å²) in [5.74, 6) is -1.33. The lowest BCUT2D eigenvalue weighted by molar-refractivity contribution is -0.130. The second kappa shape index (κ2) is 9.76. The van der Waals surface area contributed by atoms with Crippen LogP contribution in [0, 0.1) is 0 Å². The maximum atomic E-state index is 13.0. The molecule has 0 radical (unpaired) electrons. The van der Waals surface area contributed by atoms with E-state index in [9.17, 15) is 28.0 Å². The summed E-state index contributed by atoms with van der Waals surface area (Å²) in [7, 11) is 0. The number of hydrogen-bond donors (Lipinski definition) is 2. The molecule has 2 aromatic carbocycles. The minimum Gasteiger partial charge on any atom is -0.435 e. The number of amides is 4. The van der Waals surface area contributed by atoms with Gasteiger partial charge in [0, 0.05) is 17.7 Å². The van der Waals surface area contributed by atoms with Crippen molar-refractivity contribution in [2.75, 3.05) is 11.9 Å². The van der Waals surface area contributed by atoms with Crippen LogP contribution in [0.3, 0.4) is 0 Å². The van der Waals surface area contributed by atoms with Gasteiger partial charge in [0.25, 0.3) is 5.91 Å². The molecule has 0 saturated carbocycles. The van der Waals surface area contributed by atoms with Gasteiger partial charge in [-0.3, -0.25) is 19.3 Å². The average molecular weight is 459 g/mol. The number of ketones is 1. The summed E-state index contributed by atoms with van der Waals surface area (Å²) in [5.41, 5.74) is -0.309. The highest BCUT2D eigenvalue weighted by atomic mass is 19.3. The SMILES string of the molecule is CCCC(=O)Nc1ccc(C(=O)CN2C(=O)N[C@](C)(c3ccc(OC(F)F)cc3)C2=O)cc1. The van der Waals surface area contributed by atoms with Crippen LogP contribution in [0.5, 0.6) is 5.75 Å². The molecule has 8 nitrogen and oxygen atoms in total. The fourth-order valence-electron chi connectivity index (χ4n) is 3.43. The van der Waals surface area contributed by atoms with Gasteiger partial charge in [-0.1, -0.05) is 19.1 Å². The minimum absolute atomic E-state index is 0.0875. The van der Waals surface area contributed by atoms with Crippen LogP contribution in [0.1, 0.15) is 42.6 Å². The summed E-state index contributed by atoms with van der Waals surface area (Å²) in [6.45, 7) is -0.107. The summed E-state index contributed by atoms with van der Waals surface area (Å²) in [6, 6.07) is 10.7. The summed E-state index contributed by atoms with van der Waals surface area (Å²) < 4.78 is 29.0. The zero-order valence-corrected chi connectivity index (χ0v) is 18.1. The number of carbonyl (C=O) groups excluding carboxylic acids is 4. The molecule has 2 aromatic rings. The third kappa shape index (κ3) is 5.33.